The van der Waals surface area contributed by atoms with Gasteiger partial charge >= 0.3 is 0 Å². The molecule has 1 fully saturated rings. The van der Waals surface area contributed by atoms with Crippen molar-refractivity contribution in [1.82, 2.24) is 20.0 Å². The minimum absolute atomic E-state index is 0.0545. The lowest BCUT2D eigenvalue weighted by Crippen LogP contribution is -2.39. The number of aromatic amines is 1. The summed E-state index contributed by atoms with van der Waals surface area (Å²) in [6.45, 7) is 5.49. The van der Waals surface area contributed by atoms with E-state index in [0.717, 1.165) is 41.8 Å². The van der Waals surface area contributed by atoms with E-state index in [4.69, 9.17) is 4.52 Å². The highest BCUT2D eigenvalue weighted by Gasteiger charge is 2.30. The van der Waals surface area contributed by atoms with Crippen molar-refractivity contribution in [1.29, 1.82) is 0 Å². The van der Waals surface area contributed by atoms with E-state index in [0.29, 0.717) is 36.6 Å². The van der Waals surface area contributed by atoms with Crippen LogP contribution in [0.15, 0.2) is 28.9 Å². The number of hydrogen-bond donors (Lipinski definition) is 1. The van der Waals surface area contributed by atoms with Crippen LogP contribution in [0.3, 0.4) is 0 Å². The SMILES string of the molecule is CCc1noc(CC)c1C(=O)N1CCCC(c2cc3ncccc3[nH]2)C1. The summed E-state index contributed by atoms with van der Waals surface area (Å²) in [7, 11) is 0. The van der Waals surface area contributed by atoms with Gasteiger partial charge in [-0.15, -0.1) is 0 Å². The number of pyridine rings is 1. The number of piperidine rings is 1. The zero-order valence-corrected chi connectivity index (χ0v) is 15.3. The normalized spacial score (nSPS) is 17.8. The number of rotatable bonds is 4. The topological polar surface area (TPSA) is 75.0 Å². The zero-order valence-electron chi connectivity index (χ0n) is 15.3. The Kier molecular flexibility index (Phi) is 4.49. The van der Waals surface area contributed by atoms with Crippen molar-refractivity contribution in [2.24, 2.45) is 0 Å². The third kappa shape index (κ3) is 2.89. The number of nitrogens with one attached hydrogen (secondary N) is 1. The van der Waals surface area contributed by atoms with Gasteiger partial charge in [-0.25, -0.2) is 0 Å². The Labute approximate surface area is 152 Å². The molecule has 136 valence electrons. The molecule has 1 saturated heterocycles. The number of likely N-dealkylation sites (tertiary alicyclic amines) is 1. The maximum absolute atomic E-state index is 13.2. The summed E-state index contributed by atoms with van der Waals surface area (Å²) in [6, 6.07) is 6.09. The fraction of sp³-hybridized carbons (Fsp3) is 0.450. The molecule has 6 heteroatoms. The molecule has 0 aliphatic carbocycles. The first-order valence-electron chi connectivity index (χ1n) is 9.41. The first kappa shape index (κ1) is 16.8. The maximum atomic E-state index is 13.2. The second-order valence-electron chi connectivity index (χ2n) is 6.89. The van der Waals surface area contributed by atoms with Gasteiger partial charge < -0.3 is 14.4 Å². The second kappa shape index (κ2) is 6.94. The van der Waals surface area contributed by atoms with Gasteiger partial charge in [-0.05, 0) is 37.5 Å². The molecule has 1 atom stereocenters. The van der Waals surface area contributed by atoms with Gasteiger partial charge in [0.05, 0.1) is 16.7 Å². The van der Waals surface area contributed by atoms with Crippen molar-refractivity contribution < 1.29 is 9.32 Å². The number of carbonyl (C=O) groups excluding carboxylic acids is 1. The monoisotopic (exact) mass is 352 g/mol. The second-order valence-corrected chi connectivity index (χ2v) is 6.89. The van der Waals surface area contributed by atoms with Gasteiger partial charge in [0.15, 0.2) is 0 Å². The number of aromatic nitrogens is 3. The van der Waals surface area contributed by atoms with Crippen LogP contribution in [0.4, 0.5) is 0 Å². The standard InChI is InChI=1S/C20H24N4O2/c1-3-14-19(18(4-2)26-23-14)20(25)24-10-6-7-13(12-24)16-11-17-15(22-16)8-5-9-21-17/h5,8-9,11,13,22H,3-4,6-7,10,12H2,1-2H3. The Bertz CT molecular complexity index is 872. The van der Waals surface area contributed by atoms with Gasteiger partial charge in [0.25, 0.3) is 5.91 Å². The number of carbonyl (C=O) groups is 1. The van der Waals surface area contributed by atoms with Crippen LogP contribution in [0.25, 0.3) is 11.0 Å². The minimum Gasteiger partial charge on any atom is -0.360 e. The summed E-state index contributed by atoms with van der Waals surface area (Å²) in [4.78, 5) is 23.0. The fourth-order valence-corrected chi connectivity index (χ4v) is 3.86. The van der Waals surface area contributed by atoms with E-state index in [9.17, 15) is 4.79 Å². The molecule has 4 heterocycles. The fourth-order valence-electron chi connectivity index (χ4n) is 3.86. The molecular weight excluding hydrogens is 328 g/mol. The van der Waals surface area contributed by atoms with Gasteiger partial charge in [0, 0.05) is 37.3 Å². The lowest BCUT2D eigenvalue weighted by atomic mass is 9.94. The van der Waals surface area contributed by atoms with E-state index >= 15 is 0 Å². The molecule has 3 aromatic rings. The van der Waals surface area contributed by atoms with Crippen LogP contribution in [0, 0.1) is 0 Å². The summed E-state index contributed by atoms with van der Waals surface area (Å²) >= 11 is 0. The molecular formula is C20H24N4O2. The lowest BCUT2D eigenvalue weighted by Gasteiger charge is -2.32. The quantitative estimate of drug-likeness (QED) is 0.777. The zero-order chi connectivity index (χ0) is 18.1. The highest BCUT2D eigenvalue weighted by Crippen LogP contribution is 2.30. The van der Waals surface area contributed by atoms with Crippen molar-refractivity contribution in [2.75, 3.05) is 13.1 Å². The Morgan fingerprint density at radius 1 is 1.38 bits per heavy atom. The average molecular weight is 352 g/mol. The molecule has 0 spiro atoms. The first-order chi connectivity index (χ1) is 12.7. The molecule has 1 N–H and O–H groups in total. The van der Waals surface area contributed by atoms with Crippen LogP contribution in [0.2, 0.25) is 0 Å². The van der Waals surface area contributed by atoms with Crippen LogP contribution in [0.5, 0.6) is 0 Å². The van der Waals surface area contributed by atoms with Gasteiger partial charge in [-0.1, -0.05) is 19.0 Å². The molecule has 3 aromatic heterocycles. The summed E-state index contributed by atoms with van der Waals surface area (Å²) in [5, 5.41) is 4.09. The van der Waals surface area contributed by atoms with Crippen molar-refractivity contribution in [3.63, 3.8) is 0 Å². The maximum Gasteiger partial charge on any atom is 0.259 e. The van der Waals surface area contributed by atoms with E-state index in [2.05, 4.69) is 21.2 Å². The third-order valence-corrected chi connectivity index (χ3v) is 5.26. The predicted octanol–water partition coefficient (Wildman–Crippen LogP) is 3.70. The molecule has 1 aliphatic heterocycles. The number of amides is 1. The largest absolute Gasteiger partial charge is 0.360 e. The third-order valence-electron chi connectivity index (χ3n) is 5.26. The van der Waals surface area contributed by atoms with E-state index in [1.54, 1.807) is 6.20 Å². The number of H-pyrrole nitrogens is 1. The van der Waals surface area contributed by atoms with Crippen LogP contribution in [0.1, 0.15) is 60.1 Å². The molecule has 0 aromatic carbocycles. The number of fused-ring (bicyclic) bond motifs is 1. The molecule has 1 unspecified atom stereocenters. The van der Waals surface area contributed by atoms with Crippen molar-refractivity contribution >= 4 is 16.9 Å². The highest BCUT2D eigenvalue weighted by molar-refractivity contribution is 5.96. The van der Waals surface area contributed by atoms with Gasteiger partial charge in [0.2, 0.25) is 0 Å². The van der Waals surface area contributed by atoms with Crippen LogP contribution in [-0.4, -0.2) is 39.0 Å². The Hall–Kier alpha value is -2.63. The van der Waals surface area contributed by atoms with E-state index in [-0.39, 0.29) is 5.91 Å². The molecule has 0 bridgehead atoms. The Morgan fingerprint density at radius 2 is 2.27 bits per heavy atom. The summed E-state index contributed by atoms with van der Waals surface area (Å²) in [5.74, 6) is 1.06. The minimum atomic E-state index is 0.0545. The summed E-state index contributed by atoms with van der Waals surface area (Å²) in [6.07, 6.45) is 5.25. The van der Waals surface area contributed by atoms with Gasteiger partial charge in [-0.2, -0.15) is 0 Å². The number of nitrogens with zero attached hydrogens (tertiary/aromatic N) is 3. The molecule has 4 rings (SSSR count). The van der Waals surface area contributed by atoms with Crippen molar-refractivity contribution in [3.8, 4) is 0 Å². The van der Waals surface area contributed by atoms with Crippen LogP contribution in [-0.2, 0) is 12.8 Å². The van der Waals surface area contributed by atoms with Crippen molar-refractivity contribution in [3.05, 3.63) is 47.1 Å². The molecule has 6 nitrogen and oxygen atoms in total. The molecule has 0 radical (unpaired) electrons. The van der Waals surface area contributed by atoms with Crippen LogP contribution < -0.4 is 0 Å². The molecule has 0 saturated carbocycles. The Morgan fingerprint density at radius 3 is 3.04 bits per heavy atom. The summed E-state index contributed by atoms with van der Waals surface area (Å²) in [5.41, 5.74) is 4.63. The predicted molar refractivity (Wildman–Crippen MR) is 99.2 cm³/mol. The number of aryl methyl sites for hydroxylation is 2. The summed E-state index contributed by atoms with van der Waals surface area (Å²) < 4.78 is 5.39. The highest BCUT2D eigenvalue weighted by atomic mass is 16.5. The van der Waals surface area contributed by atoms with Gasteiger partial charge in [-0.3, -0.25) is 9.78 Å². The molecule has 1 aliphatic rings. The van der Waals surface area contributed by atoms with Crippen molar-refractivity contribution in [2.45, 2.75) is 45.4 Å². The van der Waals surface area contributed by atoms with E-state index in [1.165, 1.54) is 0 Å². The van der Waals surface area contributed by atoms with E-state index < -0.39 is 0 Å². The molecule has 26 heavy (non-hydrogen) atoms. The van der Waals surface area contributed by atoms with Crippen LogP contribution >= 0.6 is 0 Å². The van der Waals surface area contributed by atoms with Gasteiger partial charge in [0.1, 0.15) is 11.3 Å². The Balaban J connectivity index is 1.58. The first-order valence-corrected chi connectivity index (χ1v) is 9.41. The number of hydrogen-bond acceptors (Lipinski definition) is 4. The molecule has 1 amide bonds. The smallest absolute Gasteiger partial charge is 0.259 e. The van der Waals surface area contributed by atoms with E-state index in [1.807, 2.05) is 30.9 Å². The lowest BCUT2D eigenvalue weighted by molar-refractivity contribution is 0.0703. The average Bonchev–Trinajstić information content (AvgIpc) is 3.31.